The summed E-state index contributed by atoms with van der Waals surface area (Å²) < 4.78 is 4.83. The lowest BCUT2D eigenvalue weighted by atomic mass is 10.2. The lowest BCUT2D eigenvalue weighted by Gasteiger charge is -2.36. The van der Waals surface area contributed by atoms with Gasteiger partial charge in [-0.3, -0.25) is 0 Å². The Labute approximate surface area is 77.4 Å². The van der Waals surface area contributed by atoms with Crippen molar-refractivity contribution in [1.82, 2.24) is 4.90 Å². The first-order valence-electron chi connectivity index (χ1n) is 4.02. The molecule has 0 bridgehead atoms. The fourth-order valence-electron chi connectivity index (χ4n) is 1.30. The summed E-state index contributed by atoms with van der Waals surface area (Å²) in [4.78, 5) is 12.9. The molecule has 1 aliphatic heterocycles. The summed E-state index contributed by atoms with van der Waals surface area (Å²) in [5, 5.41) is 0. The van der Waals surface area contributed by atoms with Crippen molar-refractivity contribution in [2.24, 2.45) is 0 Å². The van der Waals surface area contributed by atoms with Gasteiger partial charge in [-0.15, -0.1) is 0 Å². The van der Waals surface area contributed by atoms with Gasteiger partial charge in [-0.2, -0.15) is 11.8 Å². The lowest BCUT2D eigenvalue weighted by Crippen LogP contribution is -2.46. The number of thioether (sulfide) groups is 1. The van der Waals surface area contributed by atoms with Crippen molar-refractivity contribution >= 4 is 17.9 Å². The smallest absolute Gasteiger partial charge is 0.409 e. The van der Waals surface area contributed by atoms with Gasteiger partial charge in [0.15, 0.2) is 0 Å². The van der Waals surface area contributed by atoms with Crippen molar-refractivity contribution in [2.45, 2.75) is 18.6 Å². The van der Waals surface area contributed by atoms with Crippen LogP contribution in [0.15, 0.2) is 0 Å². The number of carbonyl (C=O) groups excluding carboxylic acids is 1. The first-order chi connectivity index (χ1) is 5.55. The first-order valence-corrected chi connectivity index (χ1v) is 5.00. The van der Waals surface area contributed by atoms with E-state index in [-0.39, 0.29) is 10.8 Å². The molecular weight excluding hydrogens is 174 g/mol. The van der Waals surface area contributed by atoms with E-state index in [0.29, 0.717) is 0 Å². The predicted octanol–water partition coefficient (Wildman–Crippen LogP) is 1.58. The van der Waals surface area contributed by atoms with Crippen LogP contribution in [-0.4, -0.2) is 41.7 Å². The van der Waals surface area contributed by atoms with Gasteiger partial charge < -0.3 is 9.64 Å². The Hall–Kier alpha value is -0.380. The zero-order chi connectivity index (χ0) is 9.19. The second-order valence-electron chi connectivity index (χ2n) is 3.50. The van der Waals surface area contributed by atoms with Crippen LogP contribution in [0.2, 0.25) is 0 Å². The normalized spacial score (nSPS) is 22.1. The van der Waals surface area contributed by atoms with Crippen LogP contribution in [-0.2, 0) is 4.74 Å². The monoisotopic (exact) mass is 189 g/mol. The molecule has 0 spiro atoms. The zero-order valence-corrected chi connectivity index (χ0v) is 8.61. The highest BCUT2D eigenvalue weighted by molar-refractivity contribution is 8.00. The van der Waals surface area contributed by atoms with Gasteiger partial charge >= 0.3 is 6.09 Å². The Balaban J connectivity index is 2.52. The van der Waals surface area contributed by atoms with E-state index in [1.54, 1.807) is 4.90 Å². The molecule has 0 aromatic carbocycles. The molecule has 0 atom stereocenters. The van der Waals surface area contributed by atoms with Crippen LogP contribution in [0.25, 0.3) is 0 Å². The molecule has 1 saturated heterocycles. The molecule has 3 nitrogen and oxygen atoms in total. The van der Waals surface area contributed by atoms with E-state index < -0.39 is 0 Å². The highest BCUT2D eigenvalue weighted by atomic mass is 32.2. The molecular formula is C8H15NO2S. The number of hydrogen-bond acceptors (Lipinski definition) is 3. The molecule has 0 N–H and O–H groups in total. The largest absolute Gasteiger partial charge is 0.453 e. The van der Waals surface area contributed by atoms with Gasteiger partial charge in [-0.25, -0.2) is 4.79 Å². The summed E-state index contributed by atoms with van der Waals surface area (Å²) >= 11 is 1.90. The third-order valence-electron chi connectivity index (χ3n) is 1.86. The molecule has 0 unspecified atom stereocenters. The molecule has 0 aromatic rings. The summed E-state index contributed by atoms with van der Waals surface area (Å²) in [5.41, 5.74) is 0. The minimum Gasteiger partial charge on any atom is -0.453 e. The van der Waals surface area contributed by atoms with Crippen LogP contribution < -0.4 is 0 Å². The summed E-state index contributed by atoms with van der Waals surface area (Å²) in [6.45, 7) is 5.88. The van der Waals surface area contributed by atoms with Crippen molar-refractivity contribution in [3.63, 3.8) is 0 Å². The van der Waals surface area contributed by atoms with Gasteiger partial charge in [0.1, 0.15) is 0 Å². The summed E-state index contributed by atoms with van der Waals surface area (Å²) in [6.07, 6.45) is -0.205. The maximum absolute atomic E-state index is 11.1. The van der Waals surface area contributed by atoms with Crippen molar-refractivity contribution in [1.29, 1.82) is 0 Å². The lowest BCUT2D eigenvalue weighted by molar-refractivity contribution is 0.121. The Morgan fingerprint density at radius 1 is 1.58 bits per heavy atom. The van der Waals surface area contributed by atoms with Crippen LogP contribution in [0.4, 0.5) is 4.79 Å². The molecule has 1 rings (SSSR count). The van der Waals surface area contributed by atoms with E-state index in [4.69, 9.17) is 0 Å². The maximum Gasteiger partial charge on any atom is 0.409 e. The topological polar surface area (TPSA) is 29.5 Å². The van der Waals surface area contributed by atoms with Gasteiger partial charge in [0.2, 0.25) is 0 Å². The van der Waals surface area contributed by atoms with E-state index in [1.165, 1.54) is 7.11 Å². The first kappa shape index (κ1) is 9.71. The standard InChI is InChI=1S/C8H15NO2S/c1-8(2)6-9(4-5-12-8)7(10)11-3/h4-6H2,1-3H3. The van der Waals surface area contributed by atoms with Crippen LogP contribution in [0.3, 0.4) is 0 Å². The molecule has 0 radical (unpaired) electrons. The average molecular weight is 189 g/mol. The Kier molecular flexibility index (Phi) is 2.88. The van der Waals surface area contributed by atoms with E-state index in [1.807, 2.05) is 11.8 Å². The number of rotatable bonds is 0. The molecule has 1 aliphatic rings. The van der Waals surface area contributed by atoms with Gasteiger partial charge in [0, 0.05) is 23.6 Å². The molecule has 12 heavy (non-hydrogen) atoms. The second-order valence-corrected chi connectivity index (χ2v) is 5.30. The molecule has 1 fully saturated rings. The van der Waals surface area contributed by atoms with Crippen molar-refractivity contribution in [2.75, 3.05) is 26.0 Å². The molecule has 70 valence electrons. The predicted molar refractivity (Wildman–Crippen MR) is 50.5 cm³/mol. The minimum atomic E-state index is -0.205. The van der Waals surface area contributed by atoms with Crippen molar-refractivity contribution in [3.8, 4) is 0 Å². The van der Waals surface area contributed by atoms with Crippen LogP contribution in [0, 0.1) is 0 Å². The fourth-order valence-corrected chi connectivity index (χ4v) is 2.41. The third kappa shape index (κ3) is 2.30. The molecule has 0 saturated carbocycles. The van der Waals surface area contributed by atoms with Crippen molar-refractivity contribution < 1.29 is 9.53 Å². The van der Waals surface area contributed by atoms with Crippen LogP contribution >= 0.6 is 11.8 Å². The Morgan fingerprint density at radius 3 is 2.75 bits per heavy atom. The molecule has 1 amide bonds. The average Bonchev–Trinajstić information content (AvgIpc) is 2.01. The number of carbonyl (C=O) groups is 1. The van der Waals surface area contributed by atoms with Crippen LogP contribution in [0.1, 0.15) is 13.8 Å². The minimum absolute atomic E-state index is 0.173. The van der Waals surface area contributed by atoms with E-state index in [2.05, 4.69) is 18.6 Å². The quantitative estimate of drug-likeness (QED) is 0.579. The van der Waals surface area contributed by atoms with Gasteiger partial charge in [-0.05, 0) is 13.8 Å². The van der Waals surface area contributed by atoms with Crippen molar-refractivity contribution in [3.05, 3.63) is 0 Å². The highest BCUT2D eigenvalue weighted by Crippen LogP contribution is 2.29. The third-order valence-corrected chi connectivity index (χ3v) is 3.16. The molecule has 4 heteroatoms. The second kappa shape index (κ2) is 3.56. The summed E-state index contributed by atoms with van der Waals surface area (Å²) in [5.74, 6) is 1.00. The summed E-state index contributed by atoms with van der Waals surface area (Å²) in [6, 6.07) is 0. The Bertz CT molecular complexity index is 182. The number of nitrogens with zero attached hydrogens (tertiary/aromatic N) is 1. The summed E-state index contributed by atoms with van der Waals surface area (Å²) in [7, 11) is 1.43. The maximum atomic E-state index is 11.1. The number of ether oxygens (including phenoxy) is 1. The van der Waals surface area contributed by atoms with E-state index in [0.717, 1.165) is 18.8 Å². The molecule has 0 aromatic heterocycles. The van der Waals surface area contributed by atoms with Gasteiger partial charge in [0.05, 0.1) is 7.11 Å². The number of amides is 1. The fraction of sp³-hybridized carbons (Fsp3) is 0.875. The SMILES string of the molecule is COC(=O)N1CCSC(C)(C)C1. The van der Waals surface area contributed by atoms with Gasteiger partial charge in [0.25, 0.3) is 0 Å². The number of methoxy groups -OCH3 is 1. The molecule has 1 heterocycles. The zero-order valence-electron chi connectivity index (χ0n) is 7.79. The van der Waals surface area contributed by atoms with Crippen LogP contribution in [0.5, 0.6) is 0 Å². The van der Waals surface area contributed by atoms with E-state index in [9.17, 15) is 4.79 Å². The van der Waals surface area contributed by atoms with Gasteiger partial charge in [-0.1, -0.05) is 0 Å². The highest BCUT2D eigenvalue weighted by Gasteiger charge is 2.29. The molecule has 0 aliphatic carbocycles. The number of hydrogen-bond donors (Lipinski definition) is 0. The van der Waals surface area contributed by atoms with E-state index >= 15 is 0 Å². The Morgan fingerprint density at radius 2 is 2.25 bits per heavy atom.